The Morgan fingerprint density at radius 3 is 2.28 bits per heavy atom. The fraction of sp³-hybridized carbons (Fsp3) is 0.385. The van der Waals surface area contributed by atoms with Crippen LogP contribution in [0.15, 0.2) is 30.3 Å². The van der Waals surface area contributed by atoms with Gasteiger partial charge in [0.05, 0.1) is 0 Å². The third-order valence-electron chi connectivity index (χ3n) is 2.50. The first kappa shape index (κ1) is 14.2. The summed E-state index contributed by atoms with van der Waals surface area (Å²) in [6.07, 6.45) is 0.499. The Balaban J connectivity index is 2.67. The largest absolute Gasteiger partial charge is 0.481 e. The second-order valence-electron chi connectivity index (χ2n) is 4.14. The minimum atomic E-state index is -0.846. The highest BCUT2D eigenvalue weighted by molar-refractivity contribution is 5.93. The number of carboxylic acids is 1. The van der Waals surface area contributed by atoms with E-state index in [9.17, 15) is 9.59 Å². The summed E-state index contributed by atoms with van der Waals surface area (Å²) in [5.74, 6) is -0.966. The average Bonchev–Trinajstić information content (AvgIpc) is 2.34. The Kier molecular flexibility index (Phi) is 5.32. The zero-order valence-electron chi connectivity index (χ0n) is 10.7. The molecule has 1 rings (SSSR count). The summed E-state index contributed by atoms with van der Waals surface area (Å²) in [5, 5.41) is 11.8. The van der Waals surface area contributed by atoms with Gasteiger partial charge in [0.15, 0.2) is 0 Å². The van der Waals surface area contributed by atoms with Gasteiger partial charge in [-0.2, -0.15) is 0 Å². The molecule has 0 unspecified atom stereocenters. The van der Waals surface area contributed by atoms with Gasteiger partial charge in [0.2, 0.25) is 0 Å². The van der Waals surface area contributed by atoms with E-state index in [1.807, 2.05) is 6.07 Å². The summed E-state index contributed by atoms with van der Waals surface area (Å²) in [5.41, 5.74) is 0.599. The van der Waals surface area contributed by atoms with Gasteiger partial charge in [-0.1, -0.05) is 18.2 Å². The lowest BCUT2D eigenvalue weighted by Crippen LogP contribution is -2.42. The molecule has 0 heterocycles. The van der Waals surface area contributed by atoms with Gasteiger partial charge in [-0.3, -0.25) is 14.6 Å². The molecule has 18 heavy (non-hydrogen) atoms. The highest BCUT2D eigenvalue weighted by Crippen LogP contribution is 2.07. The van der Waals surface area contributed by atoms with Crippen LogP contribution in [-0.2, 0) is 4.79 Å². The van der Waals surface area contributed by atoms with Gasteiger partial charge in [0.1, 0.15) is 0 Å². The molecule has 0 saturated heterocycles. The highest BCUT2D eigenvalue weighted by atomic mass is 16.4. The number of carbonyl (C=O) groups excluding carboxylic acids is 1. The Labute approximate surface area is 107 Å². The predicted molar refractivity (Wildman–Crippen MR) is 68.0 cm³/mol. The van der Waals surface area contributed by atoms with Crippen molar-refractivity contribution in [3.05, 3.63) is 35.9 Å². The summed E-state index contributed by atoms with van der Waals surface area (Å²) in [7, 11) is 3.53. The lowest BCUT2D eigenvalue weighted by atomic mass is 10.2. The third kappa shape index (κ3) is 4.18. The molecule has 5 nitrogen and oxygen atoms in total. The molecule has 1 amide bonds. The van der Waals surface area contributed by atoms with Crippen LogP contribution in [0, 0.1) is 0 Å². The van der Waals surface area contributed by atoms with Crippen molar-refractivity contribution in [1.82, 2.24) is 10.0 Å². The van der Waals surface area contributed by atoms with Gasteiger partial charge >= 0.3 is 5.97 Å². The van der Waals surface area contributed by atoms with E-state index < -0.39 is 5.97 Å². The molecule has 1 N–H and O–H groups in total. The maximum Gasteiger partial charge on any atom is 0.303 e. The molecule has 0 aliphatic rings. The maximum absolute atomic E-state index is 12.2. The number of hydrogen-bond acceptors (Lipinski definition) is 3. The number of carboxylic acid groups (broad SMARTS) is 1. The zero-order valence-corrected chi connectivity index (χ0v) is 10.7. The number of amides is 1. The number of hydrogen-bond donors (Lipinski definition) is 1. The summed E-state index contributed by atoms with van der Waals surface area (Å²) >= 11 is 0. The molecule has 0 aromatic heterocycles. The summed E-state index contributed by atoms with van der Waals surface area (Å²) < 4.78 is 0. The summed E-state index contributed by atoms with van der Waals surface area (Å²) in [6, 6.07) is 8.95. The van der Waals surface area contributed by atoms with Gasteiger partial charge in [0.25, 0.3) is 5.91 Å². The van der Waals surface area contributed by atoms with E-state index in [0.29, 0.717) is 18.5 Å². The number of aliphatic carboxylic acids is 1. The van der Waals surface area contributed by atoms with Crippen molar-refractivity contribution in [1.29, 1.82) is 0 Å². The molecule has 0 saturated carbocycles. The third-order valence-corrected chi connectivity index (χ3v) is 2.50. The zero-order chi connectivity index (χ0) is 13.5. The smallest absolute Gasteiger partial charge is 0.303 e. The molecule has 1 aromatic rings. The van der Waals surface area contributed by atoms with Crippen LogP contribution in [0.1, 0.15) is 23.2 Å². The first-order chi connectivity index (χ1) is 8.52. The Morgan fingerprint density at radius 2 is 1.78 bits per heavy atom. The van der Waals surface area contributed by atoms with Crippen molar-refractivity contribution in [3.63, 3.8) is 0 Å². The predicted octanol–water partition coefficient (Wildman–Crippen LogP) is 1.47. The average molecular weight is 250 g/mol. The molecular formula is C13H18N2O3. The number of benzene rings is 1. The molecule has 0 spiro atoms. The van der Waals surface area contributed by atoms with Crippen molar-refractivity contribution < 1.29 is 14.7 Å². The molecule has 0 aliphatic heterocycles. The van der Waals surface area contributed by atoms with E-state index in [1.165, 1.54) is 5.01 Å². The van der Waals surface area contributed by atoms with Crippen LogP contribution in [0.3, 0.4) is 0 Å². The summed E-state index contributed by atoms with van der Waals surface area (Å²) in [4.78, 5) is 22.7. The van der Waals surface area contributed by atoms with E-state index >= 15 is 0 Å². The minimum absolute atomic E-state index is 0.0619. The second-order valence-corrected chi connectivity index (χ2v) is 4.14. The molecule has 98 valence electrons. The van der Waals surface area contributed by atoms with Crippen LogP contribution in [0.25, 0.3) is 0 Å². The van der Waals surface area contributed by atoms with Crippen LogP contribution < -0.4 is 0 Å². The SMILES string of the molecule is CN(C)N(CCCC(=O)O)C(=O)c1ccccc1. The molecule has 0 bridgehead atoms. The van der Waals surface area contributed by atoms with Crippen LogP contribution in [0.5, 0.6) is 0 Å². The van der Waals surface area contributed by atoms with Gasteiger partial charge in [0, 0.05) is 32.6 Å². The fourth-order valence-electron chi connectivity index (χ4n) is 1.59. The van der Waals surface area contributed by atoms with Crippen molar-refractivity contribution in [2.24, 2.45) is 0 Å². The van der Waals surface area contributed by atoms with Crippen molar-refractivity contribution in [3.8, 4) is 0 Å². The number of rotatable bonds is 6. The highest BCUT2D eigenvalue weighted by Gasteiger charge is 2.17. The van der Waals surface area contributed by atoms with Gasteiger partial charge in [-0.25, -0.2) is 5.01 Å². The van der Waals surface area contributed by atoms with Crippen molar-refractivity contribution >= 4 is 11.9 Å². The number of nitrogens with zero attached hydrogens (tertiary/aromatic N) is 2. The topological polar surface area (TPSA) is 60.9 Å². The first-order valence-corrected chi connectivity index (χ1v) is 5.78. The first-order valence-electron chi connectivity index (χ1n) is 5.78. The molecule has 0 aliphatic carbocycles. The maximum atomic E-state index is 12.2. The van der Waals surface area contributed by atoms with Crippen LogP contribution >= 0.6 is 0 Å². The molecule has 0 atom stereocenters. The molecule has 0 fully saturated rings. The van der Waals surface area contributed by atoms with Gasteiger partial charge in [-0.05, 0) is 18.6 Å². The Morgan fingerprint density at radius 1 is 1.17 bits per heavy atom. The van der Waals surface area contributed by atoms with Crippen LogP contribution in [0.4, 0.5) is 0 Å². The lowest BCUT2D eigenvalue weighted by Gasteiger charge is -2.28. The van der Waals surface area contributed by atoms with Crippen molar-refractivity contribution in [2.45, 2.75) is 12.8 Å². The molecule has 0 radical (unpaired) electrons. The van der Waals surface area contributed by atoms with Crippen LogP contribution in [-0.4, -0.2) is 47.6 Å². The monoisotopic (exact) mass is 250 g/mol. The van der Waals surface area contributed by atoms with E-state index in [0.717, 1.165) is 0 Å². The summed E-state index contributed by atoms with van der Waals surface area (Å²) in [6.45, 7) is 0.396. The quantitative estimate of drug-likeness (QED) is 0.777. The number of hydrazine groups is 1. The molecular weight excluding hydrogens is 232 g/mol. The van der Waals surface area contributed by atoms with Gasteiger partial charge in [-0.15, -0.1) is 0 Å². The van der Waals surface area contributed by atoms with E-state index in [1.54, 1.807) is 43.4 Å². The van der Waals surface area contributed by atoms with E-state index in [4.69, 9.17) is 5.11 Å². The Bertz CT molecular complexity index is 404. The second kappa shape index (κ2) is 6.76. The van der Waals surface area contributed by atoms with E-state index in [2.05, 4.69) is 0 Å². The normalized spacial score (nSPS) is 10.4. The molecule has 5 heteroatoms. The standard InChI is InChI=1S/C13H18N2O3/c1-14(2)15(10-6-9-12(16)17)13(18)11-7-4-3-5-8-11/h3-5,7-8H,6,9-10H2,1-2H3,(H,16,17). The number of carbonyl (C=O) groups is 2. The Hall–Kier alpha value is -1.88. The van der Waals surface area contributed by atoms with Crippen LogP contribution in [0.2, 0.25) is 0 Å². The minimum Gasteiger partial charge on any atom is -0.481 e. The fourth-order valence-corrected chi connectivity index (χ4v) is 1.59. The van der Waals surface area contributed by atoms with E-state index in [-0.39, 0.29) is 12.3 Å². The molecule has 1 aromatic carbocycles. The van der Waals surface area contributed by atoms with Crippen molar-refractivity contribution in [2.75, 3.05) is 20.6 Å². The lowest BCUT2D eigenvalue weighted by molar-refractivity contribution is -0.137. The van der Waals surface area contributed by atoms with Gasteiger partial charge < -0.3 is 5.11 Å².